The Morgan fingerprint density at radius 2 is 2.00 bits per heavy atom. The first-order valence-electron chi connectivity index (χ1n) is 9.67. The molecule has 1 spiro atoms. The van der Waals surface area contributed by atoms with E-state index in [0.29, 0.717) is 22.8 Å². The van der Waals surface area contributed by atoms with E-state index in [2.05, 4.69) is 20.9 Å². The molecule has 2 heterocycles. The van der Waals surface area contributed by atoms with Crippen LogP contribution in [0.15, 0.2) is 53.1 Å². The van der Waals surface area contributed by atoms with Crippen LogP contribution in [0.1, 0.15) is 37.0 Å². The summed E-state index contributed by atoms with van der Waals surface area (Å²) in [6.45, 7) is 2.04. The number of benzene rings is 2. The molecule has 6 heteroatoms. The highest BCUT2D eigenvalue weighted by atomic mass is 79.9. The van der Waals surface area contributed by atoms with Gasteiger partial charge in [-0.05, 0) is 47.3 Å². The number of amides is 1. The van der Waals surface area contributed by atoms with Crippen molar-refractivity contribution in [3.63, 3.8) is 0 Å². The Morgan fingerprint density at radius 1 is 1.28 bits per heavy atom. The largest absolute Gasteiger partial charge is 0.370 e. The van der Waals surface area contributed by atoms with Gasteiger partial charge in [0, 0.05) is 24.1 Å². The molecule has 4 nitrogen and oxygen atoms in total. The van der Waals surface area contributed by atoms with Crippen molar-refractivity contribution in [2.24, 2.45) is 0 Å². The van der Waals surface area contributed by atoms with E-state index >= 15 is 0 Å². The number of pyridine rings is 1. The molecule has 5 rings (SSSR count). The zero-order valence-corrected chi connectivity index (χ0v) is 17.7. The molecule has 148 valence electrons. The van der Waals surface area contributed by atoms with Crippen LogP contribution in [0.3, 0.4) is 0 Å². The third-order valence-electron chi connectivity index (χ3n) is 6.26. The van der Waals surface area contributed by atoms with Crippen LogP contribution in [0.25, 0.3) is 10.9 Å². The summed E-state index contributed by atoms with van der Waals surface area (Å²) >= 11 is 3.28. The number of nitrogens with zero attached hydrogens (tertiary/aromatic N) is 2. The van der Waals surface area contributed by atoms with E-state index in [9.17, 15) is 9.18 Å². The van der Waals surface area contributed by atoms with E-state index < -0.39 is 5.41 Å². The highest BCUT2D eigenvalue weighted by molar-refractivity contribution is 9.10. The second kappa shape index (κ2) is 6.61. The summed E-state index contributed by atoms with van der Waals surface area (Å²) in [5, 5.41) is 0.822. The molecule has 1 aromatic heterocycles. The Hall–Kier alpha value is -2.31. The minimum Gasteiger partial charge on any atom is -0.370 e. The zero-order chi connectivity index (χ0) is 20.3. The van der Waals surface area contributed by atoms with Crippen molar-refractivity contribution in [2.45, 2.75) is 37.4 Å². The molecular formula is C23H20BrFN2O2. The van der Waals surface area contributed by atoms with Gasteiger partial charge in [0.2, 0.25) is 5.91 Å². The van der Waals surface area contributed by atoms with Gasteiger partial charge in [0.05, 0.1) is 39.5 Å². The summed E-state index contributed by atoms with van der Waals surface area (Å²) < 4.78 is 20.7. The molecule has 1 amide bonds. The molecule has 1 aliphatic carbocycles. The summed E-state index contributed by atoms with van der Waals surface area (Å²) in [5.41, 5.74) is 2.81. The van der Waals surface area contributed by atoms with Crippen LogP contribution in [0.5, 0.6) is 0 Å². The number of anilines is 1. The van der Waals surface area contributed by atoms with E-state index in [1.165, 1.54) is 6.07 Å². The summed E-state index contributed by atoms with van der Waals surface area (Å²) in [7, 11) is 1.78. The fourth-order valence-corrected chi connectivity index (χ4v) is 5.10. The molecule has 1 fully saturated rings. The SMILES string of the molecule is CC(OC1CC2(C1)C(=O)N(C)c1cnc3cc(F)c(Br)cc3c12)c1ccccc1. The van der Waals surface area contributed by atoms with Gasteiger partial charge in [-0.2, -0.15) is 0 Å². The lowest BCUT2D eigenvalue weighted by molar-refractivity contribution is -0.137. The average Bonchev–Trinajstić information content (AvgIpc) is 2.92. The van der Waals surface area contributed by atoms with Crippen LogP contribution >= 0.6 is 15.9 Å². The van der Waals surface area contributed by atoms with Gasteiger partial charge < -0.3 is 9.64 Å². The summed E-state index contributed by atoms with van der Waals surface area (Å²) in [4.78, 5) is 19.3. The van der Waals surface area contributed by atoms with Crippen molar-refractivity contribution < 1.29 is 13.9 Å². The fraction of sp³-hybridized carbons (Fsp3) is 0.304. The summed E-state index contributed by atoms with van der Waals surface area (Å²) in [6, 6.07) is 13.2. The lowest BCUT2D eigenvalue weighted by atomic mass is 9.62. The Morgan fingerprint density at radius 3 is 2.72 bits per heavy atom. The highest BCUT2D eigenvalue weighted by Crippen LogP contribution is 2.56. The number of carbonyl (C=O) groups excluding carboxylic acids is 1. The third kappa shape index (κ3) is 2.73. The van der Waals surface area contributed by atoms with Crippen LogP contribution in [0.2, 0.25) is 0 Å². The van der Waals surface area contributed by atoms with Crippen molar-refractivity contribution in [1.82, 2.24) is 4.98 Å². The molecule has 0 radical (unpaired) electrons. The van der Waals surface area contributed by atoms with Gasteiger partial charge in [-0.3, -0.25) is 9.78 Å². The number of ether oxygens (including phenoxy) is 1. The minimum absolute atomic E-state index is 0.000565. The third-order valence-corrected chi connectivity index (χ3v) is 6.87. The number of fused-ring (bicyclic) bond motifs is 4. The Kier molecular flexibility index (Phi) is 4.26. The number of hydrogen-bond donors (Lipinski definition) is 0. The molecule has 0 saturated heterocycles. The predicted molar refractivity (Wildman–Crippen MR) is 113 cm³/mol. The van der Waals surface area contributed by atoms with Crippen LogP contribution in [-0.4, -0.2) is 24.0 Å². The Labute approximate surface area is 176 Å². The molecule has 3 aromatic rings. The maximum atomic E-state index is 14.0. The van der Waals surface area contributed by atoms with Crippen molar-refractivity contribution in [3.05, 3.63) is 70.1 Å². The first-order valence-corrected chi connectivity index (χ1v) is 10.5. The van der Waals surface area contributed by atoms with E-state index in [1.807, 2.05) is 37.3 Å². The number of aromatic nitrogens is 1. The van der Waals surface area contributed by atoms with Gasteiger partial charge >= 0.3 is 0 Å². The van der Waals surface area contributed by atoms with Gasteiger partial charge in [0.15, 0.2) is 0 Å². The van der Waals surface area contributed by atoms with Gasteiger partial charge in [-0.25, -0.2) is 4.39 Å². The maximum absolute atomic E-state index is 14.0. The van der Waals surface area contributed by atoms with Crippen molar-refractivity contribution in [1.29, 1.82) is 0 Å². The lowest BCUT2D eigenvalue weighted by Gasteiger charge is -2.44. The zero-order valence-electron chi connectivity index (χ0n) is 16.2. The minimum atomic E-state index is -0.621. The molecule has 2 aromatic carbocycles. The molecule has 1 unspecified atom stereocenters. The molecular weight excluding hydrogens is 435 g/mol. The predicted octanol–water partition coefficient (Wildman–Crippen LogP) is 5.29. The molecule has 2 aliphatic rings. The average molecular weight is 455 g/mol. The van der Waals surface area contributed by atoms with Crippen LogP contribution < -0.4 is 4.90 Å². The highest BCUT2D eigenvalue weighted by Gasteiger charge is 2.59. The van der Waals surface area contributed by atoms with Gasteiger partial charge in [0.1, 0.15) is 5.82 Å². The molecule has 1 aliphatic heterocycles. The van der Waals surface area contributed by atoms with Crippen molar-refractivity contribution in [3.8, 4) is 0 Å². The first kappa shape index (κ1) is 18.7. The van der Waals surface area contributed by atoms with Crippen LogP contribution in [0.4, 0.5) is 10.1 Å². The number of hydrogen-bond acceptors (Lipinski definition) is 3. The van der Waals surface area contributed by atoms with E-state index in [-0.39, 0.29) is 23.9 Å². The first-order chi connectivity index (χ1) is 13.9. The molecule has 1 atom stereocenters. The van der Waals surface area contributed by atoms with E-state index in [0.717, 1.165) is 22.2 Å². The number of rotatable bonds is 3. The molecule has 29 heavy (non-hydrogen) atoms. The molecule has 1 saturated carbocycles. The topological polar surface area (TPSA) is 42.4 Å². The molecule has 0 bridgehead atoms. The normalized spacial score (nSPS) is 24.1. The fourth-order valence-electron chi connectivity index (χ4n) is 4.76. The summed E-state index contributed by atoms with van der Waals surface area (Å²) in [6.07, 6.45) is 2.88. The number of carbonyl (C=O) groups is 1. The van der Waals surface area contributed by atoms with Crippen LogP contribution in [0, 0.1) is 5.82 Å². The van der Waals surface area contributed by atoms with Gasteiger partial charge in [-0.15, -0.1) is 0 Å². The van der Waals surface area contributed by atoms with Crippen molar-refractivity contribution in [2.75, 3.05) is 11.9 Å². The lowest BCUT2D eigenvalue weighted by Crippen LogP contribution is -2.52. The Bertz CT molecular complexity index is 1130. The van der Waals surface area contributed by atoms with E-state index in [1.54, 1.807) is 24.2 Å². The standard InChI is InChI=1S/C23H20BrFN2O2/c1-13(14-6-4-3-5-7-14)29-15-10-23(11-15)21-16-8-17(24)18(25)9-19(16)26-12-20(21)27(2)22(23)28/h3-9,12-13,15H,10-11H2,1-2H3. The van der Waals surface area contributed by atoms with Gasteiger partial charge in [0.25, 0.3) is 0 Å². The smallest absolute Gasteiger partial charge is 0.237 e. The quantitative estimate of drug-likeness (QED) is 0.539. The number of likely N-dealkylation sites (N-methyl/N-ethyl adjacent to an activating group) is 1. The molecule has 0 N–H and O–H groups in total. The maximum Gasteiger partial charge on any atom is 0.237 e. The van der Waals surface area contributed by atoms with Crippen LogP contribution in [-0.2, 0) is 14.9 Å². The monoisotopic (exact) mass is 454 g/mol. The Balaban J connectivity index is 1.49. The van der Waals surface area contributed by atoms with Gasteiger partial charge in [-0.1, -0.05) is 30.3 Å². The second-order valence-corrected chi connectivity index (χ2v) is 8.82. The van der Waals surface area contributed by atoms with E-state index in [4.69, 9.17) is 4.74 Å². The van der Waals surface area contributed by atoms with Crippen molar-refractivity contribution >= 4 is 38.4 Å². The summed E-state index contributed by atoms with van der Waals surface area (Å²) in [5.74, 6) is -0.294. The second-order valence-electron chi connectivity index (χ2n) is 7.97. The number of halogens is 2.